The van der Waals surface area contributed by atoms with E-state index in [-0.39, 0.29) is 13.1 Å². The van der Waals surface area contributed by atoms with Gasteiger partial charge in [0.1, 0.15) is 0 Å². The van der Waals surface area contributed by atoms with E-state index in [1.54, 1.807) is 0 Å². The van der Waals surface area contributed by atoms with E-state index in [0.717, 1.165) is 0 Å². The fourth-order valence-electron chi connectivity index (χ4n) is 1.20. The molecule has 1 rings (SSSR count). The molecule has 3 N–H and O–H groups in total. The summed E-state index contributed by atoms with van der Waals surface area (Å²) in [6.45, 7) is 0.513. The maximum atomic E-state index is 10.4. The van der Waals surface area contributed by atoms with Gasteiger partial charge in [0.05, 0.1) is 11.8 Å². The molecule has 0 spiro atoms. The third-order valence-electron chi connectivity index (χ3n) is 1.85. The Morgan fingerprint density at radius 1 is 1.09 bits per heavy atom. The van der Waals surface area contributed by atoms with Crippen LogP contribution in [0, 0.1) is 11.8 Å². The number of rotatable bonds is 2. The zero-order valence-corrected chi connectivity index (χ0v) is 5.78. The minimum atomic E-state index is -1.04. The summed E-state index contributed by atoms with van der Waals surface area (Å²) >= 11 is 0. The van der Waals surface area contributed by atoms with Gasteiger partial charge in [-0.2, -0.15) is 0 Å². The van der Waals surface area contributed by atoms with Crippen LogP contribution < -0.4 is 5.32 Å². The molecule has 0 radical (unpaired) electrons. The lowest BCUT2D eigenvalue weighted by Gasteiger charge is -2.07. The van der Waals surface area contributed by atoms with E-state index in [9.17, 15) is 9.59 Å². The fourth-order valence-corrected chi connectivity index (χ4v) is 1.20. The number of aliphatic carboxylic acids is 2. The number of carbonyl (C=O) groups is 2. The molecule has 0 unspecified atom stereocenters. The van der Waals surface area contributed by atoms with Gasteiger partial charge in [0, 0.05) is 13.1 Å². The van der Waals surface area contributed by atoms with E-state index in [1.165, 1.54) is 0 Å². The molecule has 0 bridgehead atoms. The van der Waals surface area contributed by atoms with Gasteiger partial charge in [0.15, 0.2) is 0 Å². The molecule has 0 saturated carbocycles. The lowest BCUT2D eigenvalue weighted by molar-refractivity contribution is -0.151. The Kier molecular flexibility index (Phi) is 2.09. The molecule has 0 aromatic carbocycles. The third kappa shape index (κ3) is 1.48. The molecule has 62 valence electrons. The van der Waals surface area contributed by atoms with Crippen LogP contribution in [0.4, 0.5) is 0 Å². The first-order valence-corrected chi connectivity index (χ1v) is 3.29. The number of nitrogens with one attached hydrogen (secondary N) is 1. The van der Waals surface area contributed by atoms with Gasteiger partial charge in [-0.1, -0.05) is 0 Å². The predicted molar refractivity (Wildman–Crippen MR) is 35.1 cm³/mol. The van der Waals surface area contributed by atoms with Crippen molar-refractivity contribution in [2.75, 3.05) is 13.1 Å². The molecule has 1 saturated heterocycles. The molecule has 1 aliphatic rings. The van der Waals surface area contributed by atoms with Crippen LogP contribution in [0.3, 0.4) is 0 Å². The van der Waals surface area contributed by atoms with E-state index in [4.69, 9.17) is 10.2 Å². The van der Waals surface area contributed by atoms with Crippen molar-refractivity contribution in [2.45, 2.75) is 0 Å². The van der Waals surface area contributed by atoms with Gasteiger partial charge >= 0.3 is 11.9 Å². The van der Waals surface area contributed by atoms with Gasteiger partial charge in [0.2, 0.25) is 0 Å². The number of carboxylic acids is 2. The molecular weight excluding hydrogens is 150 g/mol. The monoisotopic (exact) mass is 159 g/mol. The number of hydrogen-bond donors (Lipinski definition) is 3. The van der Waals surface area contributed by atoms with Gasteiger partial charge in [-0.25, -0.2) is 0 Å². The summed E-state index contributed by atoms with van der Waals surface area (Å²) in [5.41, 5.74) is 0. The molecule has 5 nitrogen and oxygen atoms in total. The zero-order valence-electron chi connectivity index (χ0n) is 5.78. The first-order valence-electron chi connectivity index (χ1n) is 3.29. The van der Waals surface area contributed by atoms with Crippen molar-refractivity contribution in [1.29, 1.82) is 0 Å². The molecule has 0 amide bonds. The van der Waals surface area contributed by atoms with Gasteiger partial charge in [-0.3, -0.25) is 9.59 Å². The number of hydrogen-bond acceptors (Lipinski definition) is 3. The van der Waals surface area contributed by atoms with Gasteiger partial charge < -0.3 is 15.5 Å². The lowest BCUT2D eigenvalue weighted by atomic mass is 9.97. The van der Waals surface area contributed by atoms with Crippen LogP contribution in [0.5, 0.6) is 0 Å². The third-order valence-corrected chi connectivity index (χ3v) is 1.85. The highest BCUT2D eigenvalue weighted by molar-refractivity contribution is 5.81. The van der Waals surface area contributed by atoms with Crippen molar-refractivity contribution in [3.63, 3.8) is 0 Å². The van der Waals surface area contributed by atoms with Crippen molar-refractivity contribution in [3.05, 3.63) is 0 Å². The Labute approximate surface area is 63.0 Å². The van der Waals surface area contributed by atoms with Crippen LogP contribution in [0.25, 0.3) is 0 Å². The van der Waals surface area contributed by atoms with E-state index >= 15 is 0 Å². The van der Waals surface area contributed by atoms with E-state index in [1.807, 2.05) is 0 Å². The summed E-state index contributed by atoms with van der Waals surface area (Å²) in [7, 11) is 0. The van der Waals surface area contributed by atoms with Crippen molar-refractivity contribution in [1.82, 2.24) is 5.32 Å². The second-order valence-electron chi connectivity index (χ2n) is 2.55. The van der Waals surface area contributed by atoms with Crippen LogP contribution in [0.2, 0.25) is 0 Å². The van der Waals surface area contributed by atoms with E-state index in [2.05, 4.69) is 5.32 Å². The minimum Gasteiger partial charge on any atom is -0.481 e. The normalized spacial score (nSPS) is 30.2. The summed E-state index contributed by atoms with van der Waals surface area (Å²) in [6, 6.07) is 0. The van der Waals surface area contributed by atoms with Gasteiger partial charge in [-0.15, -0.1) is 0 Å². The van der Waals surface area contributed by atoms with Crippen molar-refractivity contribution in [3.8, 4) is 0 Å². The molecule has 1 heterocycles. The molecule has 1 aliphatic heterocycles. The molecule has 0 aliphatic carbocycles. The second-order valence-corrected chi connectivity index (χ2v) is 2.55. The maximum absolute atomic E-state index is 10.4. The summed E-state index contributed by atoms with van der Waals surface area (Å²) in [4.78, 5) is 20.8. The zero-order chi connectivity index (χ0) is 8.43. The number of carboxylic acid groups (broad SMARTS) is 2. The van der Waals surface area contributed by atoms with Crippen molar-refractivity contribution < 1.29 is 19.8 Å². The first kappa shape index (κ1) is 8.00. The Balaban J connectivity index is 2.65. The Morgan fingerprint density at radius 3 is 1.73 bits per heavy atom. The van der Waals surface area contributed by atoms with Crippen LogP contribution in [0.1, 0.15) is 0 Å². The highest BCUT2D eigenvalue weighted by Gasteiger charge is 2.37. The smallest absolute Gasteiger partial charge is 0.308 e. The van der Waals surface area contributed by atoms with Crippen LogP contribution >= 0.6 is 0 Å². The predicted octanol–water partition coefficient (Wildman–Crippen LogP) is -1.01. The van der Waals surface area contributed by atoms with Gasteiger partial charge in [-0.05, 0) is 0 Å². The summed E-state index contributed by atoms with van der Waals surface area (Å²) in [6.07, 6.45) is 0. The average Bonchev–Trinajstić information content (AvgIpc) is 2.32. The quantitative estimate of drug-likeness (QED) is 0.480. The average molecular weight is 159 g/mol. The van der Waals surface area contributed by atoms with Crippen LogP contribution in [-0.4, -0.2) is 35.2 Å². The topological polar surface area (TPSA) is 86.6 Å². The molecule has 1 fully saturated rings. The minimum absolute atomic E-state index is 0.256. The lowest BCUT2D eigenvalue weighted by Crippen LogP contribution is -2.28. The highest BCUT2D eigenvalue weighted by Crippen LogP contribution is 2.16. The first-order chi connectivity index (χ1) is 5.13. The molecule has 0 aromatic rings. The van der Waals surface area contributed by atoms with Crippen molar-refractivity contribution >= 4 is 11.9 Å². The summed E-state index contributed by atoms with van der Waals surface area (Å²) in [5, 5.41) is 19.8. The summed E-state index contributed by atoms with van der Waals surface area (Å²) in [5.74, 6) is -3.62. The molecule has 11 heavy (non-hydrogen) atoms. The van der Waals surface area contributed by atoms with Crippen molar-refractivity contribution in [2.24, 2.45) is 11.8 Å². The fraction of sp³-hybridized carbons (Fsp3) is 0.667. The van der Waals surface area contributed by atoms with Crippen LogP contribution in [0.15, 0.2) is 0 Å². The Hall–Kier alpha value is -1.10. The standard InChI is InChI=1S/C6H9NO4/c8-5(9)3-1-7-2-4(3)6(10)11/h3-4,7H,1-2H2,(H,8,9)(H,10,11)/t3-,4-/m1/s1. The van der Waals surface area contributed by atoms with E-state index in [0.29, 0.717) is 0 Å². The molecular formula is C6H9NO4. The maximum Gasteiger partial charge on any atom is 0.308 e. The molecule has 5 heteroatoms. The second kappa shape index (κ2) is 2.87. The Morgan fingerprint density at radius 2 is 1.45 bits per heavy atom. The highest BCUT2D eigenvalue weighted by atomic mass is 16.4. The Bertz CT molecular complexity index is 171. The summed E-state index contributed by atoms with van der Waals surface area (Å²) < 4.78 is 0. The van der Waals surface area contributed by atoms with Gasteiger partial charge in [0.25, 0.3) is 0 Å². The SMILES string of the molecule is O=C(O)[C@@H]1CNC[C@H]1C(=O)O. The van der Waals surface area contributed by atoms with E-state index < -0.39 is 23.8 Å². The molecule has 2 atom stereocenters. The largest absolute Gasteiger partial charge is 0.481 e. The van der Waals surface area contributed by atoms with Crippen LogP contribution in [-0.2, 0) is 9.59 Å². The molecule has 0 aromatic heterocycles.